The molecule has 1 aliphatic rings. The van der Waals surface area contributed by atoms with Crippen LogP contribution in [0.1, 0.15) is 13.8 Å². The average Bonchev–Trinajstić information content (AvgIpc) is 2.47. The van der Waals surface area contributed by atoms with Crippen molar-refractivity contribution >= 4 is 29.3 Å². The smallest absolute Gasteiger partial charge is 0.302 e. The van der Waals surface area contributed by atoms with E-state index in [0.717, 1.165) is 16.2 Å². The monoisotopic (exact) mass is 303 g/mol. The van der Waals surface area contributed by atoms with Crippen LogP contribution in [0.2, 0.25) is 0 Å². The first-order valence-corrected chi connectivity index (χ1v) is 7.36. The van der Waals surface area contributed by atoms with Crippen molar-refractivity contribution in [3.05, 3.63) is 46.9 Å². The predicted octanol–water partition coefficient (Wildman–Crippen LogP) is 3.15. The normalized spacial score (nSPS) is 16.9. The van der Waals surface area contributed by atoms with Gasteiger partial charge < -0.3 is 9.64 Å². The van der Waals surface area contributed by atoms with Crippen molar-refractivity contribution in [2.45, 2.75) is 18.7 Å². The van der Waals surface area contributed by atoms with Crippen LogP contribution in [0, 0.1) is 0 Å². The molecule has 1 aromatic rings. The molecule has 0 bridgehead atoms. The highest BCUT2D eigenvalue weighted by Crippen LogP contribution is 2.40. The first-order chi connectivity index (χ1) is 9.99. The Morgan fingerprint density at radius 1 is 1.33 bits per heavy atom. The molecule has 21 heavy (non-hydrogen) atoms. The lowest BCUT2D eigenvalue weighted by atomic mass is 10.2. The molecule has 1 amide bonds. The van der Waals surface area contributed by atoms with Gasteiger partial charge in [0.2, 0.25) is 0 Å². The molecule has 4 nitrogen and oxygen atoms in total. The number of amides is 1. The Bertz CT molecular complexity index is 634. The SMILES string of the molecule is CC(=O)OC/C(C)=C/C=C1/Sc2ccccc2N(C)C1=O. The summed E-state index contributed by atoms with van der Waals surface area (Å²) in [4.78, 5) is 26.4. The maximum atomic E-state index is 12.3. The number of anilines is 1. The Hall–Kier alpha value is -2.01. The third-order valence-electron chi connectivity index (χ3n) is 2.98. The van der Waals surface area contributed by atoms with Crippen molar-refractivity contribution < 1.29 is 14.3 Å². The van der Waals surface area contributed by atoms with Crippen LogP contribution in [0.25, 0.3) is 0 Å². The molecule has 1 aromatic carbocycles. The number of nitrogens with zero attached hydrogens (tertiary/aromatic N) is 1. The zero-order chi connectivity index (χ0) is 15.4. The Kier molecular flexibility index (Phi) is 4.85. The van der Waals surface area contributed by atoms with Gasteiger partial charge in [-0.2, -0.15) is 0 Å². The van der Waals surface area contributed by atoms with Crippen LogP contribution in [0.3, 0.4) is 0 Å². The molecule has 0 atom stereocenters. The summed E-state index contributed by atoms with van der Waals surface area (Å²) in [6.07, 6.45) is 3.59. The van der Waals surface area contributed by atoms with E-state index in [1.807, 2.05) is 37.3 Å². The number of carbonyl (C=O) groups is 2. The molecule has 0 aliphatic carbocycles. The van der Waals surface area contributed by atoms with Gasteiger partial charge in [0.1, 0.15) is 6.61 Å². The highest BCUT2D eigenvalue weighted by atomic mass is 32.2. The third kappa shape index (κ3) is 3.76. The highest BCUT2D eigenvalue weighted by molar-refractivity contribution is 8.04. The average molecular weight is 303 g/mol. The quantitative estimate of drug-likeness (QED) is 0.636. The van der Waals surface area contributed by atoms with Crippen molar-refractivity contribution in [3.63, 3.8) is 0 Å². The van der Waals surface area contributed by atoms with Gasteiger partial charge in [0.05, 0.1) is 10.6 Å². The molecule has 0 saturated carbocycles. The Morgan fingerprint density at radius 3 is 2.76 bits per heavy atom. The molecule has 0 radical (unpaired) electrons. The summed E-state index contributed by atoms with van der Waals surface area (Å²) in [6.45, 7) is 3.47. The van der Waals surface area contributed by atoms with Gasteiger partial charge >= 0.3 is 5.97 Å². The van der Waals surface area contributed by atoms with Gasteiger partial charge in [0.15, 0.2) is 0 Å². The second kappa shape index (κ2) is 6.63. The fraction of sp³-hybridized carbons (Fsp3) is 0.250. The molecule has 0 spiro atoms. The molecule has 0 N–H and O–H groups in total. The summed E-state index contributed by atoms with van der Waals surface area (Å²) in [6, 6.07) is 7.79. The fourth-order valence-electron chi connectivity index (χ4n) is 1.84. The van der Waals surface area contributed by atoms with Gasteiger partial charge in [-0.15, -0.1) is 0 Å². The molecule has 0 aromatic heterocycles. The summed E-state index contributed by atoms with van der Waals surface area (Å²) in [7, 11) is 1.77. The van der Waals surface area contributed by atoms with Crippen LogP contribution in [0.15, 0.2) is 51.8 Å². The van der Waals surface area contributed by atoms with Crippen LogP contribution in [0.4, 0.5) is 5.69 Å². The number of rotatable bonds is 3. The van der Waals surface area contributed by atoms with Crippen molar-refractivity contribution in [2.75, 3.05) is 18.6 Å². The van der Waals surface area contributed by atoms with E-state index in [1.54, 1.807) is 18.0 Å². The lowest BCUT2D eigenvalue weighted by Crippen LogP contribution is -2.29. The van der Waals surface area contributed by atoms with Gasteiger partial charge in [-0.3, -0.25) is 9.59 Å². The minimum Gasteiger partial charge on any atom is -0.461 e. The molecule has 0 fully saturated rings. The molecule has 2 rings (SSSR count). The van der Waals surface area contributed by atoms with Crippen LogP contribution >= 0.6 is 11.8 Å². The number of thioether (sulfide) groups is 1. The second-order valence-electron chi connectivity index (χ2n) is 4.76. The molecular weight excluding hydrogens is 286 g/mol. The summed E-state index contributed by atoms with van der Waals surface area (Å²) in [5, 5.41) is 0. The lowest BCUT2D eigenvalue weighted by molar-refractivity contribution is -0.140. The standard InChI is InChI=1S/C16H17NO3S/c1-11(10-20-12(2)18)8-9-15-16(19)17(3)13-6-4-5-7-14(13)21-15/h4-9H,10H2,1-3H3/b11-8+,15-9+. The number of esters is 1. The summed E-state index contributed by atoms with van der Waals surface area (Å²) >= 11 is 1.45. The topological polar surface area (TPSA) is 46.6 Å². The second-order valence-corrected chi connectivity index (χ2v) is 5.84. The number of benzene rings is 1. The number of ether oxygens (including phenoxy) is 1. The van der Waals surface area contributed by atoms with E-state index >= 15 is 0 Å². The van der Waals surface area contributed by atoms with Crippen LogP contribution in [-0.2, 0) is 14.3 Å². The maximum absolute atomic E-state index is 12.3. The fourth-order valence-corrected chi connectivity index (χ4v) is 2.90. The van der Waals surface area contributed by atoms with Crippen LogP contribution < -0.4 is 4.90 Å². The number of hydrogen-bond donors (Lipinski definition) is 0. The van der Waals surface area contributed by atoms with Crippen molar-refractivity contribution in [1.82, 2.24) is 0 Å². The minimum atomic E-state index is -0.313. The summed E-state index contributed by atoms with van der Waals surface area (Å²) < 4.78 is 4.91. The zero-order valence-corrected chi connectivity index (χ0v) is 13.1. The van der Waals surface area contributed by atoms with Gasteiger partial charge in [0.25, 0.3) is 5.91 Å². The molecule has 0 saturated heterocycles. The third-order valence-corrected chi connectivity index (χ3v) is 4.08. The van der Waals surface area contributed by atoms with Crippen molar-refractivity contribution in [3.8, 4) is 0 Å². The van der Waals surface area contributed by atoms with E-state index in [-0.39, 0.29) is 18.5 Å². The van der Waals surface area contributed by atoms with Gasteiger partial charge in [0, 0.05) is 18.9 Å². The largest absolute Gasteiger partial charge is 0.461 e. The molecular formula is C16H17NO3S. The predicted molar refractivity (Wildman–Crippen MR) is 84.2 cm³/mol. The lowest BCUT2D eigenvalue weighted by Gasteiger charge is -2.26. The molecule has 110 valence electrons. The zero-order valence-electron chi connectivity index (χ0n) is 12.3. The number of carbonyl (C=O) groups excluding carboxylic acids is 2. The first-order valence-electron chi connectivity index (χ1n) is 6.55. The Balaban J connectivity index is 2.18. The maximum Gasteiger partial charge on any atom is 0.302 e. The van der Waals surface area contributed by atoms with E-state index in [1.165, 1.54) is 18.7 Å². The van der Waals surface area contributed by atoms with E-state index in [2.05, 4.69) is 0 Å². The van der Waals surface area contributed by atoms with Crippen LogP contribution in [0.5, 0.6) is 0 Å². The van der Waals surface area contributed by atoms with Crippen molar-refractivity contribution in [1.29, 1.82) is 0 Å². The summed E-state index contributed by atoms with van der Waals surface area (Å²) in [5.74, 6) is -0.345. The molecule has 0 unspecified atom stereocenters. The Morgan fingerprint density at radius 2 is 2.05 bits per heavy atom. The minimum absolute atomic E-state index is 0.0322. The number of fused-ring (bicyclic) bond motifs is 1. The molecule has 1 heterocycles. The van der Waals surface area contributed by atoms with E-state index in [4.69, 9.17) is 4.74 Å². The highest BCUT2D eigenvalue weighted by Gasteiger charge is 2.25. The van der Waals surface area contributed by atoms with Gasteiger partial charge in [-0.05, 0) is 30.7 Å². The molecule has 5 heteroatoms. The Labute approximate surface area is 128 Å². The molecule has 1 aliphatic heterocycles. The number of para-hydroxylation sites is 1. The van der Waals surface area contributed by atoms with Gasteiger partial charge in [-0.25, -0.2) is 0 Å². The summed E-state index contributed by atoms with van der Waals surface area (Å²) in [5.41, 5.74) is 1.80. The first kappa shape index (κ1) is 15.4. The van der Waals surface area contributed by atoms with E-state index in [9.17, 15) is 9.59 Å². The van der Waals surface area contributed by atoms with Crippen molar-refractivity contribution in [2.24, 2.45) is 0 Å². The van der Waals surface area contributed by atoms with Gasteiger partial charge in [-0.1, -0.05) is 30.0 Å². The van der Waals surface area contributed by atoms with Crippen LogP contribution in [-0.4, -0.2) is 25.5 Å². The number of likely N-dealkylation sites (N-methyl/N-ethyl adjacent to an activating group) is 1. The van der Waals surface area contributed by atoms with E-state index < -0.39 is 0 Å². The number of allylic oxidation sites excluding steroid dienone is 2. The van der Waals surface area contributed by atoms with E-state index in [0.29, 0.717) is 4.91 Å². The number of hydrogen-bond acceptors (Lipinski definition) is 4.